The number of hydrogen-bond acceptors (Lipinski definition) is 3. The van der Waals surface area contributed by atoms with Gasteiger partial charge in [0, 0.05) is 37.9 Å². The molecule has 2 N–H and O–H groups in total. The Balaban J connectivity index is 0.00000288. The highest BCUT2D eigenvalue weighted by Crippen LogP contribution is 2.19. The van der Waals surface area contributed by atoms with E-state index in [1.165, 1.54) is 17.1 Å². The van der Waals surface area contributed by atoms with Crippen LogP contribution in [0.15, 0.2) is 34.6 Å². The molecule has 0 bridgehead atoms. The van der Waals surface area contributed by atoms with Gasteiger partial charge >= 0.3 is 0 Å². The van der Waals surface area contributed by atoms with Crippen molar-refractivity contribution in [3.8, 4) is 0 Å². The van der Waals surface area contributed by atoms with Gasteiger partial charge in [-0.05, 0) is 17.7 Å². The standard InChI is InChI=1S/C17H23FN4S.HI/c1-12(2)16-22-15(11-23-16)8-9-20-17(19-3)21-10-13-4-6-14(18)7-5-13;/h4-7,11-12H,8-10H2,1-3H3,(H2,19,20,21);1H. The second-order valence-corrected chi connectivity index (χ2v) is 6.45. The van der Waals surface area contributed by atoms with Crippen molar-refractivity contribution in [3.63, 3.8) is 0 Å². The minimum Gasteiger partial charge on any atom is -0.356 e. The van der Waals surface area contributed by atoms with Crippen molar-refractivity contribution in [2.75, 3.05) is 13.6 Å². The molecule has 7 heteroatoms. The summed E-state index contributed by atoms with van der Waals surface area (Å²) in [7, 11) is 1.74. The van der Waals surface area contributed by atoms with Crippen molar-refractivity contribution < 1.29 is 4.39 Å². The van der Waals surface area contributed by atoms with Gasteiger partial charge in [0.15, 0.2) is 5.96 Å². The van der Waals surface area contributed by atoms with E-state index >= 15 is 0 Å². The summed E-state index contributed by atoms with van der Waals surface area (Å²) in [4.78, 5) is 8.80. The molecule has 0 aliphatic carbocycles. The van der Waals surface area contributed by atoms with Crippen LogP contribution in [0.5, 0.6) is 0 Å². The van der Waals surface area contributed by atoms with Crippen LogP contribution in [0.1, 0.15) is 36.0 Å². The Kier molecular flexibility index (Phi) is 9.20. The predicted octanol–water partition coefficient (Wildman–Crippen LogP) is 3.93. The third-order valence-corrected chi connectivity index (χ3v) is 4.53. The molecule has 1 heterocycles. The van der Waals surface area contributed by atoms with E-state index in [-0.39, 0.29) is 29.8 Å². The SMILES string of the molecule is CN=C(NCCc1csc(C(C)C)n1)NCc1ccc(F)cc1.I. The normalized spacial score (nSPS) is 11.3. The van der Waals surface area contributed by atoms with Gasteiger partial charge in [0.25, 0.3) is 0 Å². The number of aromatic nitrogens is 1. The van der Waals surface area contributed by atoms with E-state index in [2.05, 4.69) is 39.8 Å². The lowest BCUT2D eigenvalue weighted by atomic mass is 10.2. The van der Waals surface area contributed by atoms with Crippen molar-refractivity contribution in [2.24, 2.45) is 4.99 Å². The first-order valence-corrected chi connectivity index (χ1v) is 8.59. The first-order valence-electron chi connectivity index (χ1n) is 7.71. The van der Waals surface area contributed by atoms with Gasteiger partial charge in [-0.15, -0.1) is 35.3 Å². The summed E-state index contributed by atoms with van der Waals surface area (Å²) in [5, 5.41) is 9.78. The molecule has 0 saturated heterocycles. The van der Waals surface area contributed by atoms with Gasteiger partial charge in [-0.3, -0.25) is 4.99 Å². The number of benzene rings is 1. The molecular formula is C17H24FIN4S. The van der Waals surface area contributed by atoms with E-state index in [1.54, 1.807) is 30.5 Å². The lowest BCUT2D eigenvalue weighted by Gasteiger charge is -2.11. The fraction of sp³-hybridized carbons (Fsp3) is 0.412. The number of nitrogens with one attached hydrogen (secondary N) is 2. The maximum atomic E-state index is 12.9. The topological polar surface area (TPSA) is 49.3 Å². The van der Waals surface area contributed by atoms with Crippen molar-refractivity contribution in [2.45, 2.75) is 32.7 Å². The van der Waals surface area contributed by atoms with E-state index < -0.39 is 0 Å². The van der Waals surface area contributed by atoms with Crippen molar-refractivity contribution in [3.05, 3.63) is 51.7 Å². The molecule has 1 aromatic heterocycles. The number of rotatable bonds is 6. The number of guanidine groups is 1. The Morgan fingerprint density at radius 3 is 2.54 bits per heavy atom. The highest BCUT2D eigenvalue weighted by atomic mass is 127. The van der Waals surface area contributed by atoms with Crippen LogP contribution in [0.2, 0.25) is 0 Å². The van der Waals surface area contributed by atoms with E-state index in [9.17, 15) is 4.39 Å². The van der Waals surface area contributed by atoms with Crippen molar-refractivity contribution >= 4 is 41.3 Å². The van der Waals surface area contributed by atoms with Crippen LogP contribution < -0.4 is 10.6 Å². The molecular weight excluding hydrogens is 438 g/mol. The highest BCUT2D eigenvalue weighted by Gasteiger charge is 2.06. The molecule has 132 valence electrons. The summed E-state index contributed by atoms with van der Waals surface area (Å²) in [6.45, 7) is 5.68. The summed E-state index contributed by atoms with van der Waals surface area (Å²) >= 11 is 1.72. The van der Waals surface area contributed by atoms with Crippen LogP contribution >= 0.6 is 35.3 Å². The van der Waals surface area contributed by atoms with Crippen LogP contribution in [-0.2, 0) is 13.0 Å². The monoisotopic (exact) mass is 462 g/mol. The summed E-state index contributed by atoms with van der Waals surface area (Å²) in [5.41, 5.74) is 2.12. The molecule has 0 radical (unpaired) electrons. The first kappa shape index (κ1) is 20.8. The first-order chi connectivity index (χ1) is 11.1. The molecule has 1 aromatic carbocycles. The van der Waals surface area contributed by atoms with Crippen molar-refractivity contribution in [1.82, 2.24) is 15.6 Å². The lowest BCUT2D eigenvalue weighted by molar-refractivity contribution is 0.626. The molecule has 0 fully saturated rings. The zero-order valence-corrected chi connectivity index (χ0v) is 17.3. The third kappa shape index (κ3) is 6.72. The minimum atomic E-state index is -0.222. The molecule has 2 rings (SSSR count). The zero-order valence-electron chi connectivity index (χ0n) is 14.2. The van der Waals surface area contributed by atoms with Gasteiger partial charge in [-0.25, -0.2) is 9.37 Å². The Morgan fingerprint density at radius 2 is 1.96 bits per heavy atom. The van der Waals surface area contributed by atoms with Gasteiger partial charge in [-0.2, -0.15) is 0 Å². The third-order valence-electron chi connectivity index (χ3n) is 3.33. The van der Waals surface area contributed by atoms with E-state index in [0.29, 0.717) is 12.5 Å². The summed E-state index contributed by atoms with van der Waals surface area (Å²) in [6, 6.07) is 6.44. The second kappa shape index (κ2) is 10.6. The van der Waals surface area contributed by atoms with Crippen LogP contribution in [0.4, 0.5) is 4.39 Å². The summed E-state index contributed by atoms with van der Waals surface area (Å²) in [5.74, 6) is 0.987. The zero-order chi connectivity index (χ0) is 16.7. The largest absolute Gasteiger partial charge is 0.356 e. The molecule has 0 aliphatic rings. The van der Waals surface area contributed by atoms with Gasteiger partial charge in [0.2, 0.25) is 0 Å². The molecule has 0 amide bonds. The van der Waals surface area contributed by atoms with Gasteiger partial charge in [-0.1, -0.05) is 26.0 Å². The lowest BCUT2D eigenvalue weighted by Crippen LogP contribution is -2.37. The number of halogens is 2. The Morgan fingerprint density at radius 1 is 1.25 bits per heavy atom. The van der Waals surface area contributed by atoms with Crippen LogP contribution in [-0.4, -0.2) is 24.5 Å². The molecule has 24 heavy (non-hydrogen) atoms. The van der Waals surface area contributed by atoms with Crippen LogP contribution in [0.25, 0.3) is 0 Å². The molecule has 2 aromatic rings. The van der Waals surface area contributed by atoms with E-state index in [4.69, 9.17) is 0 Å². The molecule has 0 aliphatic heterocycles. The van der Waals surface area contributed by atoms with E-state index in [0.717, 1.165) is 30.2 Å². The summed E-state index contributed by atoms with van der Waals surface area (Å²) < 4.78 is 12.9. The number of thiazole rings is 1. The van der Waals surface area contributed by atoms with Gasteiger partial charge in [0.1, 0.15) is 5.82 Å². The van der Waals surface area contributed by atoms with Crippen molar-refractivity contribution in [1.29, 1.82) is 0 Å². The fourth-order valence-corrected chi connectivity index (χ4v) is 2.89. The smallest absolute Gasteiger partial charge is 0.191 e. The van der Waals surface area contributed by atoms with E-state index in [1.807, 2.05) is 0 Å². The average Bonchev–Trinajstić information content (AvgIpc) is 3.01. The highest BCUT2D eigenvalue weighted by molar-refractivity contribution is 14.0. The maximum absolute atomic E-state index is 12.9. The van der Waals surface area contributed by atoms with Gasteiger partial charge in [0.05, 0.1) is 10.7 Å². The molecule has 0 atom stereocenters. The average molecular weight is 462 g/mol. The fourth-order valence-electron chi connectivity index (χ4n) is 2.02. The predicted molar refractivity (Wildman–Crippen MR) is 110 cm³/mol. The van der Waals surface area contributed by atoms with Crippen LogP contribution in [0, 0.1) is 5.82 Å². The Bertz CT molecular complexity index is 640. The molecule has 0 saturated carbocycles. The second-order valence-electron chi connectivity index (χ2n) is 5.56. The summed E-state index contributed by atoms with van der Waals surface area (Å²) in [6.07, 6.45) is 0.862. The maximum Gasteiger partial charge on any atom is 0.191 e. The van der Waals surface area contributed by atoms with Gasteiger partial charge < -0.3 is 10.6 Å². The molecule has 0 unspecified atom stereocenters. The van der Waals surface area contributed by atoms with Crippen LogP contribution in [0.3, 0.4) is 0 Å². The minimum absolute atomic E-state index is 0. The molecule has 0 spiro atoms. The molecule has 4 nitrogen and oxygen atoms in total. The number of aliphatic imine (C=N–C) groups is 1. The number of hydrogen-bond donors (Lipinski definition) is 2. The quantitative estimate of drug-likeness (QED) is 0.389. The Hall–Kier alpha value is -1.22. The Labute approximate surface area is 164 Å². The number of nitrogens with zero attached hydrogens (tertiary/aromatic N) is 2.